The van der Waals surface area contributed by atoms with Gasteiger partial charge in [0.15, 0.2) is 0 Å². The fourth-order valence-electron chi connectivity index (χ4n) is 2.49. The molecular formula is C15H22BrNO. The highest BCUT2D eigenvalue weighted by Gasteiger charge is 2.19. The van der Waals surface area contributed by atoms with E-state index in [1.807, 2.05) is 19.1 Å². The smallest absolute Gasteiger partial charge is 0.120 e. The zero-order chi connectivity index (χ0) is 13.1. The van der Waals surface area contributed by atoms with Crippen molar-refractivity contribution in [2.24, 2.45) is 11.7 Å². The molecule has 2 nitrogen and oxygen atoms in total. The highest BCUT2D eigenvalue weighted by molar-refractivity contribution is 9.10. The van der Waals surface area contributed by atoms with Crippen LogP contribution >= 0.6 is 15.9 Å². The molecule has 0 aliphatic heterocycles. The molecule has 0 unspecified atom stereocenters. The first-order chi connectivity index (χ1) is 8.56. The molecule has 1 fully saturated rings. The molecule has 18 heavy (non-hydrogen) atoms. The summed E-state index contributed by atoms with van der Waals surface area (Å²) in [7, 11) is 0. The molecule has 1 aromatic carbocycles. The summed E-state index contributed by atoms with van der Waals surface area (Å²) in [5, 5.41) is 0. The maximum absolute atomic E-state index is 6.05. The number of ether oxygens (including phenoxy) is 1. The van der Waals surface area contributed by atoms with Gasteiger partial charge in [0.25, 0.3) is 0 Å². The largest absolute Gasteiger partial charge is 0.490 e. The second-order valence-electron chi connectivity index (χ2n) is 5.47. The summed E-state index contributed by atoms with van der Waals surface area (Å²) in [6.07, 6.45) is 5.30. The Morgan fingerprint density at radius 2 is 1.94 bits per heavy atom. The lowest BCUT2D eigenvalue weighted by Gasteiger charge is -2.27. The summed E-state index contributed by atoms with van der Waals surface area (Å²) >= 11 is 3.56. The van der Waals surface area contributed by atoms with Crippen molar-refractivity contribution in [2.45, 2.75) is 51.7 Å². The predicted octanol–water partition coefficient (Wildman–Crippen LogP) is 4.43. The maximum Gasteiger partial charge on any atom is 0.120 e. The van der Waals surface area contributed by atoms with Crippen molar-refractivity contribution in [1.82, 2.24) is 0 Å². The number of halogens is 1. The molecule has 0 bridgehead atoms. The first-order valence-corrected chi connectivity index (χ1v) is 7.57. The van der Waals surface area contributed by atoms with E-state index in [9.17, 15) is 0 Å². The van der Waals surface area contributed by atoms with Gasteiger partial charge >= 0.3 is 0 Å². The van der Waals surface area contributed by atoms with E-state index in [0.717, 1.165) is 21.7 Å². The number of benzene rings is 1. The van der Waals surface area contributed by atoms with Crippen LogP contribution in [-0.2, 0) is 0 Å². The second kappa shape index (κ2) is 6.07. The van der Waals surface area contributed by atoms with Crippen molar-refractivity contribution in [3.05, 3.63) is 28.2 Å². The molecule has 1 aliphatic rings. The summed E-state index contributed by atoms with van der Waals surface area (Å²) in [5.41, 5.74) is 7.02. The fourth-order valence-corrected chi connectivity index (χ4v) is 3.21. The quantitative estimate of drug-likeness (QED) is 0.896. The van der Waals surface area contributed by atoms with Gasteiger partial charge in [0.1, 0.15) is 5.75 Å². The molecule has 2 N–H and O–H groups in total. The van der Waals surface area contributed by atoms with Gasteiger partial charge in [0, 0.05) is 10.5 Å². The van der Waals surface area contributed by atoms with Crippen LogP contribution in [0.2, 0.25) is 0 Å². The number of nitrogens with two attached hydrogens (primary N) is 1. The van der Waals surface area contributed by atoms with Gasteiger partial charge in [0.05, 0.1) is 6.10 Å². The highest BCUT2D eigenvalue weighted by atomic mass is 79.9. The average Bonchev–Trinajstić information content (AvgIpc) is 2.32. The number of rotatable bonds is 3. The Bertz CT molecular complexity index is 397. The second-order valence-corrected chi connectivity index (χ2v) is 6.33. The van der Waals surface area contributed by atoms with Crippen molar-refractivity contribution in [1.29, 1.82) is 0 Å². The van der Waals surface area contributed by atoms with E-state index in [1.54, 1.807) is 0 Å². The predicted molar refractivity (Wildman–Crippen MR) is 78.8 cm³/mol. The van der Waals surface area contributed by atoms with Crippen molar-refractivity contribution in [3.63, 3.8) is 0 Å². The zero-order valence-electron chi connectivity index (χ0n) is 11.2. The van der Waals surface area contributed by atoms with E-state index >= 15 is 0 Å². The van der Waals surface area contributed by atoms with E-state index < -0.39 is 0 Å². The Balaban J connectivity index is 2.00. The Morgan fingerprint density at radius 3 is 2.50 bits per heavy atom. The van der Waals surface area contributed by atoms with Crippen LogP contribution in [0.1, 0.15) is 51.1 Å². The molecule has 0 heterocycles. The Kier molecular flexibility index (Phi) is 4.68. The Morgan fingerprint density at radius 1 is 1.28 bits per heavy atom. The van der Waals surface area contributed by atoms with Crippen molar-refractivity contribution in [2.75, 3.05) is 0 Å². The molecule has 100 valence electrons. The van der Waals surface area contributed by atoms with Gasteiger partial charge in [-0.15, -0.1) is 0 Å². The van der Waals surface area contributed by atoms with Crippen LogP contribution in [0.4, 0.5) is 0 Å². The third kappa shape index (κ3) is 3.48. The molecule has 0 spiro atoms. The molecule has 2 rings (SSSR count). The SMILES string of the molecule is CC1CCC(Oc2ccc([C@@H](C)N)c(Br)c2)CC1. The molecular weight excluding hydrogens is 290 g/mol. The average molecular weight is 312 g/mol. The maximum atomic E-state index is 6.05. The van der Waals surface area contributed by atoms with Gasteiger partial charge in [-0.05, 0) is 56.2 Å². The molecule has 0 aromatic heterocycles. The summed E-state index contributed by atoms with van der Waals surface area (Å²) in [4.78, 5) is 0. The molecule has 1 aromatic rings. The number of hydrogen-bond donors (Lipinski definition) is 1. The van der Waals surface area contributed by atoms with Gasteiger partial charge in [-0.3, -0.25) is 0 Å². The fraction of sp³-hybridized carbons (Fsp3) is 0.600. The topological polar surface area (TPSA) is 35.2 Å². The summed E-state index contributed by atoms with van der Waals surface area (Å²) in [5.74, 6) is 1.81. The molecule has 0 saturated heterocycles. The van der Waals surface area contributed by atoms with E-state index in [4.69, 9.17) is 10.5 Å². The van der Waals surface area contributed by atoms with Gasteiger partial charge in [-0.1, -0.05) is 28.9 Å². The van der Waals surface area contributed by atoms with E-state index in [1.165, 1.54) is 25.7 Å². The monoisotopic (exact) mass is 311 g/mol. The molecule has 1 saturated carbocycles. The minimum absolute atomic E-state index is 0.0453. The van der Waals surface area contributed by atoms with Crippen LogP contribution in [0.5, 0.6) is 5.75 Å². The third-order valence-corrected chi connectivity index (χ3v) is 4.41. The minimum atomic E-state index is 0.0453. The van der Waals surface area contributed by atoms with Crippen LogP contribution in [0.15, 0.2) is 22.7 Å². The van der Waals surface area contributed by atoms with Gasteiger partial charge in [-0.25, -0.2) is 0 Å². The minimum Gasteiger partial charge on any atom is -0.490 e. The molecule has 1 aliphatic carbocycles. The van der Waals surface area contributed by atoms with E-state index in [-0.39, 0.29) is 6.04 Å². The first kappa shape index (κ1) is 13.9. The van der Waals surface area contributed by atoms with Crippen LogP contribution in [0.3, 0.4) is 0 Å². The lowest BCUT2D eigenvalue weighted by Crippen LogP contribution is -2.23. The Labute approximate surface area is 118 Å². The van der Waals surface area contributed by atoms with E-state index in [2.05, 4.69) is 28.9 Å². The van der Waals surface area contributed by atoms with Crippen LogP contribution in [0, 0.1) is 5.92 Å². The van der Waals surface area contributed by atoms with Gasteiger partial charge < -0.3 is 10.5 Å². The van der Waals surface area contributed by atoms with Crippen LogP contribution in [0.25, 0.3) is 0 Å². The molecule has 0 radical (unpaired) electrons. The van der Waals surface area contributed by atoms with Crippen molar-refractivity contribution >= 4 is 15.9 Å². The first-order valence-electron chi connectivity index (χ1n) is 6.78. The van der Waals surface area contributed by atoms with Gasteiger partial charge in [-0.2, -0.15) is 0 Å². The molecule has 0 amide bonds. The lowest BCUT2D eigenvalue weighted by molar-refractivity contribution is 0.135. The van der Waals surface area contributed by atoms with Crippen molar-refractivity contribution < 1.29 is 4.74 Å². The highest BCUT2D eigenvalue weighted by Crippen LogP contribution is 2.30. The van der Waals surface area contributed by atoms with Crippen LogP contribution in [-0.4, -0.2) is 6.10 Å². The molecule has 3 heteroatoms. The Hall–Kier alpha value is -0.540. The zero-order valence-corrected chi connectivity index (χ0v) is 12.7. The standard InChI is InChI=1S/C15H22BrNO/c1-10-3-5-12(6-4-10)18-13-7-8-14(11(2)17)15(16)9-13/h7-12H,3-6,17H2,1-2H3/t10?,11-,12?/m1/s1. The molecule has 1 atom stereocenters. The van der Waals surface area contributed by atoms with Gasteiger partial charge in [0.2, 0.25) is 0 Å². The van der Waals surface area contributed by atoms with Crippen molar-refractivity contribution in [3.8, 4) is 5.75 Å². The number of hydrogen-bond acceptors (Lipinski definition) is 2. The lowest BCUT2D eigenvalue weighted by atomic mass is 9.89. The summed E-state index contributed by atoms with van der Waals surface area (Å²) in [6, 6.07) is 6.16. The normalized spacial score (nSPS) is 25.8. The van der Waals surface area contributed by atoms with E-state index in [0.29, 0.717) is 6.10 Å². The van der Waals surface area contributed by atoms with Crippen LogP contribution < -0.4 is 10.5 Å². The third-order valence-electron chi connectivity index (χ3n) is 3.73. The summed E-state index contributed by atoms with van der Waals surface area (Å²) < 4.78 is 7.09. The summed E-state index contributed by atoms with van der Waals surface area (Å²) in [6.45, 7) is 4.31.